The topological polar surface area (TPSA) is 74.7 Å². The summed E-state index contributed by atoms with van der Waals surface area (Å²) in [6.45, 7) is 3.52. The molecule has 1 aromatic heterocycles. The van der Waals surface area contributed by atoms with Gasteiger partial charge in [-0.1, -0.05) is 18.2 Å². The molecule has 2 heterocycles. The lowest BCUT2D eigenvalue weighted by Crippen LogP contribution is -2.19. The van der Waals surface area contributed by atoms with Crippen LogP contribution >= 0.6 is 0 Å². The lowest BCUT2D eigenvalue weighted by Gasteiger charge is -2.12. The van der Waals surface area contributed by atoms with Crippen LogP contribution in [0.3, 0.4) is 0 Å². The van der Waals surface area contributed by atoms with E-state index in [2.05, 4.69) is 30.5 Å². The highest BCUT2D eigenvalue weighted by Crippen LogP contribution is 2.33. The number of aliphatic imine (C=N–C) groups is 1. The van der Waals surface area contributed by atoms with Gasteiger partial charge in [0.15, 0.2) is 5.82 Å². The monoisotopic (exact) mass is 388 g/mol. The molecule has 0 atom stereocenters. The molecule has 0 amide bonds. The van der Waals surface area contributed by atoms with Gasteiger partial charge >= 0.3 is 0 Å². The van der Waals surface area contributed by atoms with Crippen LogP contribution in [-0.4, -0.2) is 47.8 Å². The fourth-order valence-corrected chi connectivity index (χ4v) is 3.00. The zero-order valence-electron chi connectivity index (χ0n) is 16.8. The van der Waals surface area contributed by atoms with Crippen LogP contribution in [0.4, 0.5) is 28.8 Å². The SMILES string of the molecule is CC1=Nc2cnc(Nc3ccc(OCCN(C)C)cc3)nc2Nc2ccccc21. The summed E-state index contributed by atoms with van der Waals surface area (Å²) in [5, 5.41) is 6.61. The first-order valence-electron chi connectivity index (χ1n) is 9.52. The number of likely N-dealkylation sites (N-methyl/N-ethyl adjacent to an activating group) is 1. The first-order valence-corrected chi connectivity index (χ1v) is 9.52. The van der Waals surface area contributed by atoms with Crippen molar-refractivity contribution in [2.45, 2.75) is 6.92 Å². The van der Waals surface area contributed by atoms with Crippen LogP contribution in [0, 0.1) is 0 Å². The second-order valence-electron chi connectivity index (χ2n) is 7.10. The number of ether oxygens (including phenoxy) is 1. The summed E-state index contributed by atoms with van der Waals surface area (Å²) < 4.78 is 5.73. The smallest absolute Gasteiger partial charge is 0.229 e. The molecule has 0 saturated heterocycles. The summed E-state index contributed by atoms with van der Waals surface area (Å²) in [7, 11) is 4.05. The van der Waals surface area contributed by atoms with Gasteiger partial charge in [-0.05, 0) is 51.4 Å². The number of fused-ring (bicyclic) bond motifs is 2. The number of para-hydroxylation sites is 1. The largest absolute Gasteiger partial charge is 0.492 e. The zero-order chi connectivity index (χ0) is 20.2. The lowest BCUT2D eigenvalue weighted by molar-refractivity contribution is 0.261. The maximum absolute atomic E-state index is 5.73. The Labute approximate surface area is 170 Å². The van der Waals surface area contributed by atoms with Crippen LogP contribution in [0.2, 0.25) is 0 Å². The molecule has 0 unspecified atom stereocenters. The van der Waals surface area contributed by atoms with E-state index < -0.39 is 0 Å². The quantitative estimate of drug-likeness (QED) is 0.654. The molecule has 0 fully saturated rings. The van der Waals surface area contributed by atoms with Crippen molar-refractivity contribution in [3.8, 4) is 5.75 Å². The van der Waals surface area contributed by atoms with Gasteiger partial charge in [-0.3, -0.25) is 0 Å². The summed E-state index contributed by atoms with van der Waals surface area (Å²) in [4.78, 5) is 15.8. The maximum Gasteiger partial charge on any atom is 0.229 e. The van der Waals surface area contributed by atoms with E-state index in [4.69, 9.17) is 4.74 Å². The predicted molar refractivity (Wildman–Crippen MR) is 117 cm³/mol. The predicted octanol–water partition coefficient (Wildman–Crippen LogP) is 4.36. The van der Waals surface area contributed by atoms with E-state index >= 15 is 0 Å². The van der Waals surface area contributed by atoms with Gasteiger partial charge in [0, 0.05) is 29.2 Å². The van der Waals surface area contributed by atoms with Crippen molar-refractivity contribution < 1.29 is 4.74 Å². The van der Waals surface area contributed by atoms with Crippen LogP contribution in [0.1, 0.15) is 12.5 Å². The summed E-state index contributed by atoms with van der Waals surface area (Å²) in [6, 6.07) is 15.8. The van der Waals surface area contributed by atoms with Crippen molar-refractivity contribution in [1.29, 1.82) is 0 Å². The zero-order valence-corrected chi connectivity index (χ0v) is 16.8. The Balaban J connectivity index is 1.49. The van der Waals surface area contributed by atoms with Crippen molar-refractivity contribution in [2.24, 2.45) is 4.99 Å². The van der Waals surface area contributed by atoms with Crippen LogP contribution in [0.25, 0.3) is 0 Å². The third-order valence-corrected chi connectivity index (χ3v) is 4.55. The first kappa shape index (κ1) is 18.9. The summed E-state index contributed by atoms with van der Waals surface area (Å²) >= 11 is 0. The maximum atomic E-state index is 5.73. The Hall–Kier alpha value is -3.45. The van der Waals surface area contributed by atoms with E-state index in [1.807, 2.05) is 69.6 Å². The van der Waals surface area contributed by atoms with Gasteiger partial charge in [0.2, 0.25) is 5.95 Å². The van der Waals surface area contributed by atoms with Gasteiger partial charge in [0.05, 0.1) is 6.20 Å². The van der Waals surface area contributed by atoms with Crippen molar-refractivity contribution in [3.05, 3.63) is 60.3 Å². The molecule has 0 bridgehead atoms. The van der Waals surface area contributed by atoms with Gasteiger partial charge < -0.3 is 20.3 Å². The van der Waals surface area contributed by atoms with E-state index in [-0.39, 0.29) is 0 Å². The molecule has 148 valence electrons. The van der Waals surface area contributed by atoms with Crippen LogP contribution in [0.5, 0.6) is 5.75 Å². The molecule has 0 spiro atoms. The molecule has 0 radical (unpaired) electrons. The fraction of sp³-hybridized carbons (Fsp3) is 0.227. The Morgan fingerprint density at radius 3 is 2.66 bits per heavy atom. The second-order valence-corrected chi connectivity index (χ2v) is 7.10. The Morgan fingerprint density at radius 1 is 1.07 bits per heavy atom. The Morgan fingerprint density at radius 2 is 1.86 bits per heavy atom. The summed E-state index contributed by atoms with van der Waals surface area (Å²) in [5.74, 6) is 2.02. The standard InChI is InChI=1S/C22H24N6O/c1-15-18-6-4-5-7-19(18)26-21-20(24-15)14-23-22(27-21)25-16-8-10-17(11-9-16)29-13-12-28(2)3/h4-11,14H,12-13H2,1-3H3,(H2,23,25,26,27). The van der Waals surface area contributed by atoms with Crippen molar-refractivity contribution in [1.82, 2.24) is 14.9 Å². The van der Waals surface area contributed by atoms with E-state index in [9.17, 15) is 0 Å². The minimum atomic E-state index is 0.504. The normalized spacial score (nSPS) is 12.3. The molecule has 2 N–H and O–H groups in total. The number of aromatic nitrogens is 2. The Bertz CT molecular complexity index is 1030. The number of nitrogens with one attached hydrogen (secondary N) is 2. The minimum absolute atomic E-state index is 0.504. The molecule has 2 aromatic carbocycles. The number of rotatable bonds is 6. The number of hydrogen-bond donors (Lipinski definition) is 2. The average molecular weight is 388 g/mol. The van der Waals surface area contributed by atoms with Crippen molar-refractivity contribution in [2.75, 3.05) is 37.9 Å². The summed E-state index contributed by atoms with van der Waals surface area (Å²) in [6.07, 6.45) is 1.73. The molecule has 3 aromatic rings. The Kier molecular flexibility index (Phi) is 5.39. The van der Waals surface area contributed by atoms with E-state index in [0.717, 1.165) is 34.9 Å². The molecule has 7 heteroatoms. The van der Waals surface area contributed by atoms with Gasteiger partial charge in [0.25, 0.3) is 0 Å². The molecule has 7 nitrogen and oxygen atoms in total. The van der Waals surface area contributed by atoms with Gasteiger partial charge in [-0.25, -0.2) is 9.98 Å². The molecule has 0 aliphatic carbocycles. The first-order chi connectivity index (χ1) is 14.1. The van der Waals surface area contributed by atoms with Crippen LogP contribution in [0.15, 0.2) is 59.7 Å². The number of benzene rings is 2. The van der Waals surface area contributed by atoms with Gasteiger partial charge in [-0.15, -0.1) is 0 Å². The second kappa shape index (κ2) is 8.28. The highest BCUT2D eigenvalue weighted by molar-refractivity contribution is 6.07. The number of nitrogens with zero attached hydrogens (tertiary/aromatic N) is 4. The molecule has 1 aliphatic heterocycles. The van der Waals surface area contributed by atoms with Crippen LogP contribution < -0.4 is 15.4 Å². The molecular weight excluding hydrogens is 364 g/mol. The van der Waals surface area contributed by atoms with E-state index in [0.29, 0.717) is 24.1 Å². The lowest BCUT2D eigenvalue weighted by atomic mass is 10.1. The third kappa shape index (κ3) is 4.52. The molecule has 0 saturated carbocycles. The average Bonchev–Trinajstić information content (AvgIpc) is 2.85. The van der Waals surface area contributed by atoms with Crippen molar-refractivity contribution in [3.63, 3.8) is 0 Å². The van der Waals surface area contributed by atoms with E-state index in [1.54, 1.807) is 6.20 Å². The summed E-state index contributed by atoms with van der Waals surface area (Å²) in [5.41, 5.74) is 4.58. The third-order valence-electron chi connectivity index (χ3n) is 4.55. The van der Waals surface area contributed by atoms with E-state index in [1.165, 1.54) is 0 Å². The molecule has 29 heavy (non-hydrogen) atoms. The number of anilines is 4. The minimum Gasteiger partial charge on any atom is -0.492 e. The van der Waals surface area contributed by atoms with Crippen LogP contribution in [-0.2, 0) is 0 Å². The van der Waals surface area contributed by atoms with Crippen molar-refractivity contribution >= 4 is 34.5 Å². The highest BCUT2D eigenvalue weighted by atomic mass is 16.5. The fourth-order valence-electron chi connectivity index (χ4n) is 3.00. The molecular formula is C22H24N6O. The molecule has 1 aliphatic rings. The highest BCUT2D eigenvalue weighted by Gasteiger charge is 2.15. The molecule has 4 rings (SSSR count). The number of hydrogen-bond acceptors (Lipinski definition) is 7. The van der Waals surface area contributed by atoms with Gasteiger partial charge in [-0.2, -0.15) is 4.98 Å². The van der Waals surface area contributed by atoms with Gasteiger partial charge in [0.1, 0.15) is 18.0 Å².